The normalized spacial score (nSPS) is 43.5. The van der Waals surface area contributed by atoms with Crippen LogP contribution >= 0.6 is 0 Å². The van der Waals surface area contributed by atoms with Crippen LogP contribution in [0.15, 0.2) is 5.16 Å². The predicted octanol–water partition coefficient (Wildman–Crippen LogP) is 0.932. The van der Waals surface area contributed by atoms with Crippen LogP contribution in [-0.4, -0.2) is 36.0 Å². The van der Waals surface area contributed by atoms with Crippen molar-refractivity contribution in [1.29, 1.82) is 0 Å². The van der Waals surface area contributed by atoms with Crippen LogP contribution in [0.3, 0.4) is 0 Å². The molecule has 3 saturated heterocycles. The van der Waals surface area contributed by atoms with E-state index < -0.39 is 0 Å². The Morgan fingerprint density at radius 2 is 1.73 bits per heavy atom. The van der Waals surface area contributed by atoms with E-state index in [-0.39, 0.29) is 5.41 Å². The largest absolute Gasteiger partial charge is 0.411 e. The summed E-state index contributed by atoms with van der Waals surface area (Å²) in [4.78, 5) is 2.48. The zero-order valence-electron chi connectivity index (χ0n) is 6.66. The molecule has 0 aromatic heterocycles. The Labute approximate surface area is 66.7 Å². The van der Waals surface area contributed by atoms with Gasteiger partial charge in [0.05, 0.1) is 0 Å². The van der Waals surface area contributed by atoms with E-state index in [0.717, 1.165) is 0 Å². The van der Waals surface area contributed by atoms with Gasteiger partial charge in [0.25, 0.3) is 0 Å². The molecule has 3 rings (SSSR count). The van der Waals surface area contributed by atoms with Gasteiger partial charge in [-0.2, -0.15) is 0 Å². The van der Waals surface area contributed by atoms with Crippen LogP contribution in [0.4, 0.5) is 0 Å². The summed E-state index contributed by atoms with van der Waals surface area (Å²) >= 11 is 0. The van der Waals surface area contributed by atoms with Gasteiger partial charge in [0, 0.05) is 11.6 Å². The molecule has 62 valence electrons. The average molecular weight is 154 g/mol. The summed E-state index contributed by atoms with van der Waals surface area (Å²) in [5.74, 6) is 0. The van der Waals surface area contributed by atoms with E-state index >= 15 is 0 Å². The molecular weight excluding hydrogens is 140 g/mol. The number of nitrogens with zero attached hydrogens (tertiary/aromatic N) is 2. The van der Waals surface area contributed by atoms with E-state index in [0.29, 0.717) is 0 Å². The van der Waals surface area contributed by atoms with Crippen molar-refractivity contribution in [2.45, 2.75) is 19.3 Å². The third kappa shape index (κ3) is 1.13. The van der Waals surface area contributed by atoms with Crippen molar-refractivity contribution < 1.29 is 5.21 Å². The highest BCUT2D eigenvalue weighted by Gasteiger charge is 2.38. The van der Waals surface area contributed by atoms with Gasteiger partial charge in [-0.15, -0.1) is 5.16 Å². The quantitative estimate of drug-likeness (QED) is 0.346. The molecule has 0 radical (unpaired) electrons. The first-order chi connectivity index (χ1) is 5.35. The molecule has 0 atom stereocenters. The van der Waals surface area contributed by atoms with E-state index in [9.17, 15) is 0 Å². The summed E-state index contributed by atoms with van der Waals surface area (Å²) in [5, 5.41) is 11.7. The second-order valence-electron chi connectivity index (χ2n) is 3.70. The summed E-state index contributed by atoms with van der Waals surface area (Å²) in [6, 6.07) is 0. The summed E-state index contributed by atoms with van der Waals surface area (Å²) in [6.45, 7) is 3.56. The van der Waals surface area contributed by atoms with E-state index in [1.54, 1.807) is 6.21 Å². The van der Waals surface area contributed by atoms with Crippen LogP contribution in [-0.2, 0) is 0 Å². The summed E-state index contributed by atoms with van der Waals surface area (Å²) in [5.41, 5.74) is 0.253. The molecule has 3 fully saturated rings. The molecule has 0 saturated carbocycles. The SMILES string of the molecule is O/N=C/C12CCN(CC1)CC2. The number of piperidine rings is 3. The van der Waals surface area contributed by atoms with Gasteiger partial charge in [-0.3, -0.25) is 0 Å². The number of hydrogen-bond acceptors (Lipinski definition) is 3. The second-order valence-corrected chi connectivity index (χ2v) is 3.70. The molecule has 3 nitrogen and oxygen atoms in total. The molecule has 11 heavy (non-hydrogen) atoms. The maximum absolute atomic E-state index is 8.49. The maximum Gasteiger partial charge on any atom is 0.0499 e. The predicted molar refractivity (Wildman–Crippen MR) is 43.0 cm³/mol. The molecule has 0 aromatic rings. The smallest absolute Gasteiger partial charge is 0.0499 e. The van der Waals surface area contributed by atoms with Gasteiger partial charge in [-0.05, 0) is 38.9 Å². The Balaban J connectivity index is 2.11. The molecule has 0 amide bonds. The third-order valence-electron chi connectivity index (χ3n) is 3.11. The third-order valence-corrected chi connectivity index (χ3v) is 3.11. The van der Waals surface area contributed by atoms with Crippen LogP contribution in [0.2, 0.25) is 0 Å². The molecule has 0 aromatic carbocycles. The van der Waals surface area contributed by atoms with Gasteiger partial charge in [-0.25, -0.2) is 0 Å². The first-order valence-electron chi connectivity index (χ1n) is 4.26. The molecular formula is C8H14N2O. The van der Waals surface area contributed by atoms with Crippen molar-refractivity contribution >= 4 is 6.21 Å². The van der Waals surface area contributed by atoms with Crippen molar-refractivity contribution in [2.75, 3.05) is 19.6 Å². The standard InChI is InChI=1S/C8H14N2O/c11-9-7-8-1-4-10(5-2-8)6-3-8/h7,11H,1-6H2/b9-7+. The first kappa shape index (κ1) is 7.10. The van der Waals surface area contributed by atoms with Gasteiger partial charge >= 0.3 is 0 Å². The van der Waals surface area contributed by atoms with Crippen molar-refractivity contribution in [3.63, 3.8) is 0 Å². The minimum Gasteiger partial charge on any atom is -0.411 e. The van der Waals surface area contributed by atoms with E-state index in [4.69, 9.17) is 5.21 Å². The Bertz CT molecular complexity index is 157. The highest BCUT2D eigenvalue weighted by molar-refractivity contribution is 5.65. The number of rotatable bonds is 1. The lowest BCUT2D eigenvalue weighted by Crippen LogP contribution is -2.48. The maximum atomic E-state index is 8.49. The van der Waals surface area contributed by atoms with Gasteiger partial charge in [0.2, 0.25) is 0 Å². The average Bonchev–Trinajstić information content (AvgIpc) is 2.07. The lowest BCUT2D eigenvalue weighted by molar-refractivity contribution is 0.0759. The topological polar surface area (TPSA) is 35.8 Å². The Morgan fingerprint density at radius 1 is 1.18 bits per heavy atom. The van der Waals surface area contributed by atoms with Crippen molar-refractivity contribution in [2.24, 2.45) is 10.6 Å². The number of hydrogen-bond donors (Lipinski definition) is 1. The van der Waals surface area contributed by atoms with Gasteiger partial charge in [0.15, 0.2) is 0 Å². The molecule has 0 spiro atoms. The first-order valence-corrected chi connectivity index (χ1v) is 4.26. The fraction of sp³-hybridized carbons (Fsp3) is 0.875. The highest BCUT2D eigenvalue weighted by atomic mass is 16.4. The lowest BCUT2D eigenvalue weighted by Gasteiger charge is -2.45. The van der Waals surface area contributed by atoms with Gasteiger partial charge in [-0.1, -0.05) is 0 Å². The van der Waals surface area contributed by atoms with Crippen molar-refractivity contribution in [1.82, 2.24) is 4.90 Å². The van der Waals surface area contributed by atoms with E-state index in [1.165, 1.54) is 38.9 Å². The number of oxime groups is 1. The molecule has 3 aliphatic rings. The second kappa shape index (κ2) is 2.48. The molecule has 3 aliphatic heterocycles. The van der Waals surface area contributed by atoms with Crippen molar-refractivity contribution in [3.05, 3.63) is 0 Å². The van der Waals surface area contributed by atoms with Crippen LogP contribution in [0, 0.1) is 5.41 Å². The molecule has 0 unspecified atom stereocenters. The monoisotopic (exact) mass is 154 g/mol. The van der Waals surface area contributed by atoms with Crippen molar-refractivity contribution in [3.8, 4) is 0 Å². The summed E-state index contributed by atoms with van der Waals surface area (Å²) < 4.78 is 0. The molecule has 3 heterocycles. The summed E-state index contributed by atoms with van der Waals surface area (Å²) in [7, 11) is 0. The Morgan fingerprint density at radius 3 is 2.18 bits per heavy atom. The minimum absolute atomic E-state index is 0.253. The Hall–Kier alpha value is -0.570. The van der Waals surface area contributed by atoms with Gasteiger partial charge < -0.3 is 10.1 Å². The Kier molecular flexibility index (Phi) is 1.60. The fourth-order valence-electron chi connectivity index (χ4n) is 2.17. The van der Waals surface area contributed by atoms with Gasteiger partial charge in [0.1, 0.15) is 0 Å². The fourth-order valence-corrected chi connectivity index (χ4v) is 2.17. The lowest BCUT2D eigenvalue weighted by atomic mass is 9.73. The van der Waals surface area contributed by atoms with Crippen LogP contribution in [0.5, 0.6) is 0 Å². The zero-order valence-corrected chi connectivity index (χ0v) is 6.66. The van der Waals surface area contributed by atoms with Crippen LogP contribution < -0.4 is 0 Å². The highest BCUT2D eigenvalue weighted by Crippen LogP contribution is 2.38. The number of fused-ring (bicyclic) bond motifs is 3. The van der Waals surface area contributed by atoms with Crippen LogP contribution in [0.1, 0.15) is 19.3 Å². The van der Waals surface area contributed by atoms with E-state index in [1.807, 2.05) is 0 Å². The molecule has 2 bridgehead atoms. The minimum atomic E-state index is 0.253. The van der Waals surface area contributed by atoms with Crippen LogP contribution in [0.25, 0.3) is 0 Å². The zero-order chi connectivity index (χ0) is 7.73. The molecule has 3 heteroatoms. The molecule has 0 aliphatic carbocycles. The summed E-state index contributed by atoms with van der Waals surface area (Å²) in [6.07, 6.45) is 5.29. The molecule has 1 N–H and O–H groups in total. The van der Waals surface area contributed by atoms with E-state index in [2.05, 4.69) is 10.1 Å².